The molecule has 0 saturated heterocycles. The molecule has 3 heterocycles. The third kappa shape index (κ3) is 4.28. The molecule has 4 aromatic rings. The Kier molecular flexibility index (Phi) is 6.98. The molecule has 1 aromatic heterocycles. The highest BCUT2D eigenvalue weighted by Crippen LogP contribution is 2.47. The van der Waals surface area contributed by atoms with E-state index in [2.05, 4.69) is 25.3 Å². The maximum absolute atomic E-state index is 13.5. The lowest BCUT2D eigenvalue weighted by Gasteiger charge is -2.20. The van der Waals surface area contributed by atoms with Crippen LogP contribution in [-0.2, 0) is 9.59 Å². The number of amides is 2. The highest BCUT2D eigenvalue weighted by molar-refractivity contribution is 7.17. The van der Waals surface area contributed by atoms with Crippen molar-refractivity contribution in [3.05, 3.63) is 64.0 Å². The van der Waals surface area contributed by atoms with Crippen molar-refractivity contribution in [1.29, 1.82) is 0 Å². The fraction of sp³-hybridized carbons (Fsp3) is 0.355. The van der Waals surface area contributed by atoms with Gasteiger partial charge in [-0.25, -0.2) is 0 Å². The van der Waals surface area contributed by atoms with Gasteiger partial charge in [-0.3, -0.25) is 9.59 Å². The van der Waals surface area contributed by atoms with Crippen molar-refractivity contribution in [2.75, 3.05) is 40.4 Å². The van der Waals surface area contributed by atoms with E-state index in [-0.39, 0.29) is 30.1 Å². The summed E-state index contributed by atoms with van der Waals surface area (Å²) in [6, 6.07) is 12.0. The first-order chi connectivity index (χ1) is 18.8. The summed E-state index contributed by atoms with van der Waals surface area (Å²) in [6.45, 7) is 5.35. The molecule has 0 saturated carbocycles. The number of carbonyl (C=O) groups excluding carboxylic acids is 2. The fourth-order valence-corrected chi connectivity index (χ4v) is 8.00. The number of hydrogen-bond donors (Lipinski definition) is 1. The van der Waals surface area contributed by atoms with Crippen LogP contribution in [0.1, 0.15) is 53.4 Å². The van der Waals surface area contributed by atoms with Crippen LogP contribution in [0.25, 0.3) is 20.9 Å². The topological polar surface area (TPSA) is 66.6 Å². The smallest absolute Gasteiger partial charge is 0.227 e. The molecule has 0 bridgehead atoms. The number of anilines is 3. The molecule has 39 heavy (non-hydrogen) atoms. The molecule has 2 atom stereocenters. The number of thiophene rings is 1. The van der Waals surface area contributed by atoms with Gasteiger partial charge in [-0.15, -0.1) is 34.5 Å². The van der Waals surface area contributed by atoms with Gasteiger partial charge >= 0.3 is 0 Å². The third-order valence-electron chi connectivity index (χ3n) is 8.29. The van der Waals surface area contributed by atoms with E-state index < -0.39 is 0 Å². The van der Waals surface area contributed by atoms with Gasteiger partial charge < -0.3 is 15.5 Å². The molecule has 2 amide bonds. The molecule has 8 heteroatoms. The first kappa shape index (κ1) is 26.4. The van der Waals surface area contributed by atoms with Crippen molar-refractivity contribution in [2.45, 2.75) is 44.9 Å². The molecular formula is C31H31Cl2N3O2S. The third-order valence-corrected chi connectivity index (χ3v) is 10.3. The molecule has 2 aliphatic heterocycles. The van der Waals surface area contributed by atoms with E-state index in [1.54, 1.807) is 11.3 Å². The van der Waals surface area contributed by atoms with Gasteiger partial charge in [0.2, 0.25) is 11.8 Å². The van der Waals surface area contributed by atoms with E-state index in [9.17, 15) is 9.59 Å². The van der Waals surface area contributed by atoms with Crippen LogP contribution in [0.5, 0.6) is 0 Å². The minimum absolute atomic E-state index is 0.00162. The van der Waals surface area contributed by atoms with Gasteiger partial charge in [-0.05, 0) is 65.4 Å². The summed E-state index contributed by atoms with van der Waals surface area (Å²) in [4.78, 5) is 30.6. The average Bonchev–Trinajstić information content (AvgIpc) is 3.62. The maximum Gasteiger partial charge on any atom is 0.227 e. The largest absolute Gasteiger partial charge is 0.398 e. The summed E-state index contributed by atoms with van der Waals surface area (Å²) in [6.07, 6.45) is 1.07. The van der Waals surface area contributed by atoms with Crippen LogP contribution < -0.4 is 15.5 Å². The molecule has 0 fully saturated rings. The van der Waals surface area contributed by atoms with Crippen LogP contribution in [0.3, 0.4) is 0 Å². The van der Waals surface area contributed by atoms with Crippen LogP contribution in [0.4, 0.5) is 17.1 Å². The summed E-state index contributed by atoms with van der Waals surface area (Å²) in [5.74, 6) is 1.09. The Hall–Kier alpha value is -2.80. The van der Waals surface area contributed by atoms with Crippen molar-refractivity contribution in [3.8, 4) is 0 Å². The lowest BCUT2D eigenvalue weighted by molar-refractivity contribution is -0.119. The lowest BCUT2D eigenvalue weighted by atomic mass is 9.95. The standard InChI is InChI=1S/C31H31Cl2N3O2S/c1-17-10-24-30(28-18(2)16-39-31(17)28)20(13-33)15-35(24)26(37)8-5-9-27(38)36-14-19(12-32)29-22-7-4-3-6-21(22)23(34)11-25(29)36/h3-4,6-7,10-11,16,19-20H,5,8-9,12-15,34H2,1-2H3/t19-,20-/m1/s1. The average molecular weight is 581 g/mol. The highest BCUT2D eigenvalue weighted by atomic mass is 35.5. The number of nitrogen functional groups attached to an aromatic ring is 1. The van der Waals surface area contributed by atoms with Crippen molar-refractivity contribution < 1.29 is 9.59 Å². The Morgan fingerprint density at radius 1 is 0.897 bits per heavy atom. The summed E-state index contributed by atoms with van der Waals surface area (Å²) in [5, 5.41) is 5.47. The molecule has 3 aromatic carbocycles. The Bertz CT molecular complexity index is 1630. The normalized spacial score (nSPS) is 18.3. The first-order valence-corrected chi connectivity index (χ1v) is 15.3. The number of alkyl halides is 2. The molecule has 202 valence electrons. The van der Waals surface area contributed by atoms with Crippen LogP contribution in [0.15, 0.2) is 41.8 Å². The summed E-state index contributed by atoms with van der Waals surface area (Å²) < 4.78 is 1.27. The van der Waals surface area contributed by atoms with E-state index in [4.69, 9.17) is 28.9 Å². The van der Waals surface area contributed by atoms with E-state index in [1.807, 2.05) is 40.1 Å². The first-order valence-electron chi connectivity index (χ1n) is 13.4. The van der Waals surface area contributed by atoms with Gasteiger partial charge in [-0.1, -0.05) is 24.3 Å². The number of nitrogens with two attached hydrogens (primary N) is 1. The van der Waals surface area contributed by atoms with Crippen LogP contribution in [-0.4, -0.2) is 36.7 Å². The van der Waals surface area contributed by atoms with Gasteiger partial charge in [0.05, 0.1) is 0 Å². The molecule has 0 spiro atoms. The monoisotopic (exact) mass is 579 g/mol. The zero-order valence-electron chi connectivity index (χ0n) is 22.1. The number of hydrogen-bond acceptors (Lipinski definition) is 4. The van der Waals surface area contributed by atoms with Crippen molar-refractivity contribution in [1.82, 2.24) is 0 Å². The Morgan fingerprint density at radius 3 is 2.13 bits per heavy atom. The number of fused-ring (bicyclic) bond motifs is 6. The lowest BCUT2D eigenvalue weighted by Crippen LogP contribution is -2.32. The molecule has 0 unspecified atom stereocenters. The molecule has 2 aliphatic rings. The van der Waals surface area contributed by atoms with E-state index in [1.165, 1.54) is 26.8 Å². The minimum Gasteiger partial charge on any atom is -0.398 e. The number of nitrogens with zero attached hydrogens (tertiary/aromatic N) is 2. The highest BCUT2D eigenvalue weighted by Gasteiger charge is 2.36. The van der Waals surface area contributed by atoms with Gasteiger partial charge in [0.25, 0.3) is 0 Å². The molecule has 0 aliphatic carbocycles. The van der Waals surface area contributed by atoms with Crippen LogP contribution in [0, 0.1) is 13.8 Å². The second-order valence-electron chi connectivity index (χ2n) is 10.8. The Labute approximate surface area is 242 Å². The van der Waals surface area contributed by atoms with Gasteiger partial charge in [-0.2, -0.15) is 0 Å². The molecule has 0 radical (unpaired) electrons. The Balaban J connectivity index is 1.19. The van der Waals surface area contributed by atoms with Crippen LogP contribution in [0.2, 0.25) is 0 Å². The summed E-state index contributed by atoms with van der Waals surface area (Å²) >= 11 is 14.5. The fourth-order valence-electron chi connectivity index (χ4n) is 6.45. The molecular weight excluding hydrogens is 549 g/mol. The second-order valence-corrected chi connectivity index (χ2v) is 12.3. The van der Waals surface area contributed by atoms with Gasteiger partial charge in [0, 0.05) is 82.1 Å². The van der Waals surface area contributed by atoms with E-state index in [0.717, 1.165) is 27.7 Å². The van der Waals surface area contributed by atoms with Crippen molar-refractivity contribution >= 4 is 84.3 Å². The molecule has 6 rings (SSSR count). The number of halogens is 2. The van der Waals surface area contributed by atoms with Gasteiger partial charge in [0.1, 0.15) is 0 Å². The quantitative estimate of drug-likeness (QED) is 0.190. The summed E-state index contributed by atoms with van der Waals surface area (Å²) in [5.41, 5.74) is 13.5. The zero-order valence-corrected chi connectivity index (χ0v) is 24.4. The van der Waals surface area contributed by atoms with Crippen LogP contribution >= 0.6 is 34.5 Å². The number of rotatable bonds is 6. The molecule has 2 N–H and O–H groups in total. The van der Waals surface area contributed by atoms with Crippen molar-refractivity contribution in [2.24, 2.45) is 0 Å². The van der Waals surface area contributed by atoms with E-state index in [0.29, 0.717) is 43.4 Å². The molecule has 5 nitrogen and oxygen atoms in total. The summed E-state index contributed by atoms with van der Waals surface area (Å²) in [7, 11) is 0. The number of aryl methyl sites for hydroxylation is 2. The second kappa shape index (κ2) is 10.3. The number of carbonyl (C=O) groups is 2. The predicted octanol–water partition coefficient (Wildman–Crippen LogP) is 7.46. The minimum atomic E-state index is -0.00162. The SMILES string of the molecule is Cc1cc2c(c3c(C)csc13)[C@H](CCl)CN2C(=O)CCCC(=O)N1C[C@@H](CCl)c2c1cc(N)c1ccccc21. The van der Waals surface area contributed by atoms with E-state index >= 15 is 0 Å². The maximum atomic E-state index is 13.5. The number of benzene rings is 3. The van der Waals surface area contributed by atoms with Crippen molar-refractivity contribution in [3.63, 3.8) is 0 Å². The van der Waals surface area contributed by atoms with Gasteiger partial charge in [0.15, 0.2) is 0 Å². The Morgan fingerprint density at radius 2 is 1.49 bits per heavy atom. The predicted molar refractivity (Wildman–Crippen MR) is 165 cm³/mol. The zero-order chi connectivity index (χ0) is 27.4.